The second-order valence-electron chi connectivity index (χ2n) is 5.79. The molecule has 0 saturated carbocycles. The second kappa shape index (κ2) is 5.50. The summed E-state index contributed by atoms with van der Waals surface area (Å²) in [4.78, 5) is 13.6. The fourth-order valence-corrected chi connectivity index (χ4v) is 1.17. The number of carbonyl (C=O) groups is 1. The monoisotopic (exact) mass is 214 g/mol. The average molecular weight is 214 g/mol. The van der Waals surface area contributed by atoms with Gasteiger partial charge in [-0.2, -0.15) is 0 Å². The van der Waals surface area contributed by atoms with E-state index in [2.05, 4.69) is 13.8 Å². The predicted molar refractivity (Wildman–Crippen MR) is 64.5 cm³/mol. The lowest BCUT2D eigenvalue weighted by Crippen LogP contribution is -2.49. The molecular formula is C12H26N2O. The van der Waals surface area contributed by atoms with Crippen molar-refractivity contribution in [3.8, 4) is 0 Å². The van der Waals surface area contributed by atoms with Crippen molar-refractivity contribution in [2.24, 2.45) is 17.1 Å². The topological polar surface area (TPSA) is 46.3 Å². The molecule has 15 heavy (non-hydrogen) atoms. The summed E-state index contributed by atoms with van der Waals surface area (Å²) in [6, 6.07) is -0.408. The third-order valence-corrected chi connectivity index (χ3v) is 2.62. The van der Waals surface area contributed by atoms with E-state index in [1.165, 1.54) is 0 Å². The van der Waals surface area contributed by atoms with E-state index < -0.39 is 6.04 Å². The number of nitrogens with zero attached hydrogens (tertiary/aromatic N) is 1. The fraction of sp³-hybridized carbons (Fsp3) is 0.917. The first-order chi connectivity index (χ1) is 6.66. The normalized spacial score (nSPS) is 14.1. The molecule has 0 aromatic carbocycles. The lowest BCUT2D eigenvalue weighted by molar-refractivity contribution is -0.133. The molecule has 0 aliphatic carbocycles. The maximum Gasteiger partial charge on any atom is 0.239 e. The maximum atomic E-state index is 11.9. The Kier molecular flexibility index (Phi) is 5.29. The summed E-state index contributed by atoms with van der Waals surface area (Å²) in [6.07, 6.45) is 1.03. The van der Waals surface area contributed by atoms with Gasteiger partial charge in [-0.15, -0.1) is 0 Å². The zero-order valence-corrected chi connectivity index (χ0v) is 11.0. The van der Waals surface area contributed by atoms with Crippen molar-refractivity contribution in [1.82, 2.24) is 4.90 Å². The molecule has 0 spiro atoms. The van der Waals surface area contributed by atoms with Crippen molar-refractivity contribution in [1.29, 1.82) is 0 Å². The van der Waals surface area contributed by atoms with Gasteiger partial charge in [-0.3, -0.25) is 4.79 Å². The van der Waals surface area contributed by atoms with Crippen molar-refractivity contribution in [3.05, 3.63) is 0 Å². The molecule has 1 atom stereocenters. The summed E-state index contributed by atoms with van der Waals surface area (Å²) in [5, 5.41) is 0. The Balaban J connectivity index is 4.20. The molecule has 90 valence electrons. The van der Waals surface area contributed by atoms with E-state index in [4.69, 9.17) is 5.73 Å². The van der Waals surface area contributed by atoms with Crippen molar-refractivity contribution in [3.63, 3.8) is 0 Å². The third-order valence-electron chi connectivity index (χ3n) is 2.62. The van der Waals surface area contributed by atoms with Gasteiger partial charge in [0.1, 0.15) is 0 Å². The number of rotatable bonds is 4. The van der Waals surface area contributed by atoms with Crippen LogP contribution in [0.4, 0.5) is 0 Å². The van der Waals surface area contributed by atoms with Crippen LogP contribution in [0.15, 0.2) is 0 Å². The van der Waals surface area contributed by atoms with Crippen molar-refractivity contribution in [2.45, 2.75) is 47.1 Å². The van der Waals surface area contributed by atoms with Crippen LogP contribution in [-0.4, -0.2) is 30.4 Å². The van der Waals surface area contributed by atoms with Gasteiger partial charge in [0.15, 0.2) is 0 Å². The SMILES string of the molecule is CC(C)CCN(C)C(=O)C(N)C(C)(C)C. The fourth-order valence-electron chi connectivity index (χ4n) is 1.17. The van der Waals surface area contributed by atoms with Gasteiger partial charge in [-0.1, -0.05) is 34.6 Å². The molecule has 3 nitrogen and oxygen atoms in total. The van der Waals surface area contributed by atoms with Crippen LogP contribution < -0.4 is 5.73 Å². The van der Waals surface area contributed by atoms with Crippen LogP contribution in [0, 0.1) is 11.3 Å². The third kappa shape index (κ3) is 5.17. The molecule has 2 N–H and O–H groups in total. The van der Waals surface area contributed by atoms with Crippen LogP contribution in [0.2, 0.25) is 0 Å². The summed E-state index contributed by atoms with van der Waals surface area (Å²) in [7, 11) is 1.83. The number of hydrogen-bond donors (Lipinski definition) is 1. The Morgan fingerprint density at radius 3 is 2.13 bits per heavy atom. The van der Waals surface area contributed by atoms with E-state index in [-0.39, 0.29) is 11.3 Å². The van der Waals surface area contributed by atoms with Crippen LogP contribution in [0.5, 0.6) is 0 Å². The smallest absolute Gasteiger partial charge is 0.239 e. The molecule has 0 aromatic heterocycles. The van der Waals surface area contributed by atoms with Gasteiger partial charge in [0.25, 0.3) is 0 Å². The van der Waals surface area contributed by atoms with E-state index in [0.717, 1.165) is 13.0 Å². The highest BCUT2D eigenvalue weighted by Crippen LogP contribution is 2.18. The molecule has 0 rings (SSSR count). The Morgan fingerprint density at radius 1 is 1.33 bits per heavy atom. The lowest BCUT2D eigenvalue weighted by Gasteiger charge is -2.30. The first-order valence-corrected chi connectivity index (χ1v) is 5.66. The molecule has 0 radical (unpaired) electrons. The Morgan fingerprint density at radius 2 is 1.80 bits per heavy atom. The van der Waals surface area contributed by atoms with Crippen LogP contribution in [-0.2, 0) is 4.79 Å². The zero-order chi connectivity index (χ0) is 12.2. The van der Waals surface area contributed by atoms with Crippen LogP contribution >= 0.6 is 0 Å². The number of carbonyl (C=O) groups excluding carboxylic acids is 1. The summed E-state index contributed by atoms with van der Waals surface area (Å²) in [6.45, 7) is 11.1. The summed E-state index contributed by atoms with van der Waals surface area (Å²) >= 11 is 0. The molecule has 1 amide bonds. The van der Waals surface area contributed by atoms with Gasteiger partial charge in [0, 0.05) is 13.6 Å². The van der Waals surface area contributed by atoms with Crippen molar-refractivity contribution in [2.75, 3.05) is 13.6 Å². The van der Waals surface area contributed by atoms with Crippen LogP contribution in [0.3, 0.4) is 0 Å². The van der Waals surface area contributed by atoms with Crippen molar-refractivity contribution < 1.29 is 4.79 Å². The number of likely N-dealkylation sites (N-methyl/N-ethyl adjacent to an activating group) is 1. The highest BCUT2D eigenvalue weighted by Gasteiger charge is 2.29. The van der Waals surface area contributed by atoms with Crippen LogP contribution in [0.1, 0.15) is 41.0 Å². The Hall–Kier alpha value is -0.570. The first-order valence-electron chi connectivity index (χ1n) is 5.66. The van der Waals surface area contributed by atoms with Gasteiger partial charge >= 0.3 is 0 Å². The minimum Gasteiger partial charge on any atom is -0.344 e. The molecule has 0 heterocycles. The van der Waals surface area contributed by atoms with E-state index >= 15 is 0 Å². The van der Waals surface area contributed by atoms with E-state index in [0.29, 0.717) is 5.92 Å². The van der Waals surface area contributed by atoms with Crippen LogP contribution in [0.25, 0.3) is 0 Å². The Labute approximate surface area is 94.0 Å². The number of hydrogen-bond acceptors (Lipinski definition) is 2. The first kappa shape index (κ1) is 14.4. The molecule has 0 fully saturated rings. The summed E-state index contributed by atoms with van der Waals surface area (Å²) < 4.78 is 0. The molecule has 0 aliphatic rings. The average Bonchev–Trinajstić information content (AvgIpc) is 2.10. The molecule has 1 unspecified atom stereocenters. The molecule has 3 heteroatoms. The Bertz CT molecular complexity index is 206. The van der Waals surface area contributed by atoms with Gasteiger partial charge in [0.05, 0.1) is 6.04 Å². The van der Waals surface area contributed by atoms with Gasteiger partial charge in [-0.25, -0.2) is 0 Å². The van der Waals surface area contributed by atoms with E-state index in [9.17, 15) is 4.79 Å². The predicted octanol–water partition coefficient (Wildman–Crippen LogP) is 1.86. The number of nitrogens with two attached hydrogens (primary N) is 1. The zero-order valence-electron chi connectivity index (χ0n) is 11.0. The summed E-state index contributed by atoms with van der Waals surface area (Å²) in [5.74, 6) is 0.661. The maximum absolute atomic E-state index is 11.9. The molecule has 0 saturated heterocycles. The standard InChI is InChI=1S/C12H26N2O/c1-9(2)7-8-14(6)11(15)10(13)12(3,4)5/h9-10H,7-8,13H2,1-6H3. The minimum absolute atomic E-state index is 0.0446. The highest BCUT2D eigenvalue weighted by atomic mass is 16.2. The number of amides is 1. The van der Waals surface area contributed by atoms with Gasteiger partial charge in [0.2, 0.25) is 5.91 Å². The minimum atomic E-state index is -0.408. The highest BCUT2D eigenvalue weighted by molar-refractivity contribution is 5.82. The summed E-state index contributed by atoms with van der Waals surface area (Å²) in [5.41, 5.74) is 5.75. The molecule has 0 aromatic rings. The van der Waals surface area contributed by atoms with Gasteiger partial charge in [-0.05, 0) is 17.8 Å². The van der Waals surface area contributed by atoms with Crippen molar-refractivity contribution >= 4 is 5.91 Å². The molecule has 0 aliphatic heterocycles. The van der Waals surface area contributed by atoms with E-state index in [1.54, 1.807) is 4.90 Å². The quantitative estimate of drug-likeness (QED) is 0.776. The molecular weight excluding hydrogens is 188 g/mol. The van der Waals surface area contributed by atoms with E-state index in [1.807, 2.05) is 27.8 Å². The molecule has 0 bridgehead atoms. The lowest BCUT2D eigenvalue weighted by atomic mass is 9.86. The van der Waals surface area contributed by atoms with Gasteiger partial charge < -0.3 is 10.6 Å². The second-order valence-corrected chi connectivity index (χ2v) is 5.79. The largest absolute Gasteiger partial charge is 0.344 e.